The summed E-state index contributed by atoms with van der Waals surface area (Å²) in [6.07, 6.45) is 6.28. The fourth-order valence-corrected chi connectivity index (χ4v) is 3.18. The Morgan fingerprint density at radius 2 is 2.09 bits per heavy atom. The van der Waals surface area contributed by atoms with Crippen LogP contribution in [0.2, 0.25) is 5.02 Å². The Bertz CT molecular complexity index is 670. The van der Waals surface area contributed by atoms with Gasteiger partial charge in [-0.2, -0.15) is 5.26 Å². The third-order valence-electron chi connectivity index (χ3n) is 4.25. The van der Waals surface area contributed by atoms with Crippen LogP contribution in [-0.4, -0.2) is 18.1 Å². The molecule has 1 saturated carbocycles. The maximum absolute atomic E-state index is 12.5. The summed E-state index contributed by atoms with van der Waals surface area (Å²) in [5.41, 5.74) is 0.582. The molecule has 0 spiro atoms. The zero-order valence-corrected chi connectivity index (χ0v) is 12.9. The largest absolute Gasteiger partial charge is 0.488 e. The monoisotopic (exact) mass is 316 g/mol. The van der Waals surface area contributed by atoms with Crippen LogP contribution in [0.4, 0.5) is 0 Å². The van der Waals surface area contributed by atoms with E-state index in [1.54, 1.807) is 24.3 Å². The van der Waals surface area contributed by atoms with Crippen LogP contribution in [0.15, 0.2) is 23.8 Å². The van der Waals surface area contributed by atoms with Gasteiger partial charge in [0.25, 0.3) is 5.91 Å². The summed E-state index contributed by atoms with van der Waals surface area (Å²) in [5, 5.41) is 13.0. The third-order valence-corrected chi connectivity index (χ3v) is 4.49. The van der Waals surface area contributed by atoms with Gasteiger partial charge < -0.3 is 10.1 Å². The Labute approximate surface area is 134 Å². The molecule has 0 bridgehead atoms. The minimum absolute atomic E-state index is 0.210. The summed E-state index contributed by atoms with van der Waals surface area (Å²) < 4.78 is 5.60. The van der Waals surface area contributed by atoms with E-state index in [4.69, 9.17) is 16.3 Å². The van der Waals surface area contributed by atoms with Crippen molar-refractivity contribution >= 4 is 23.6 Å². The van der Waals surface area contributed by atoms with Crippen molar-refractivity contribution in [1.82, 2.24) is 5.32 Å². The lowest BCUT2D eigenvalue weighted by Crippen LogP contribution is -2.49. The van der Waals surface area contributed by atoms with Crippen LogP contribution in [0.1, 0.15) is 37.7 Å². The first-order valence-electron chi connectivity index (χ1n) is 7.49. The van der Waals surface area contributed by atoms with Crippen LogP contribution < -0.4 is 10.1 Å². The molecule has 1 aliphatic heterocycles. The van der Waals surface area contributed by atoms with Gasteiger partial charge in [0.05, 0.1) is 11.6 Å². The van der Waals surface area contributed by atoms with Gasteiger partial charge >= 0.3 is 0 Å². The molecule has 1 aliphatic carbocycles. The predicted octanol–water partition coefficient (Wildman–Crippen LogP) is 3.46. The Morgan fingerprint density at radius 1 is 1.32 bits per heavy atom. The lowest BCUT2D eigenvalue weighted by molar-refractivity contribution is -0.119. The second kappa shape index (κ2) is 6.02. The van der Waals surface area contributed by atoms with Gasteiger partial charge in [-0.15, -0.1) is 0 Å². The number of rotatable bonds is 2. The van der Waals surface area contributed by atoms with Gasteiger partial charge in [0, 0.05) is 10.6 Å². The normalized spacial score (nSPS) is 19.2. The first-order chi connectivity index (χ1) is 10.6. The number of benzene rings is 1. The maximum atomic E-state index is 12.5. The minimum atomic E-state index is -0.731. The molecule has 0 radical (unpaired) electrons. The molecule has 1 aromatic carbocycles. The van der Waals surface area contributed by atoms with Crippen LogP contribution in [0.5, 0.6) is 5.75 Å². The van der Waals surface area contributed by atoms with E-state index in [-0.39, 0.29) is 12.5 Å². The number of nitriles is 1. The number of hydrogen-bond donors (Lipinski definition) is 1. The van der Waals surface area contributed by atoms with Crippen LogP contribution in [-0.2, 0) is 4.79 Å². The van der Waals surface area contributed by atoms with E-state index in [9.17, 15) is 10.1 Å². The summed E-state index contributed by atoms with van der Waals surface area (Å²) >= 11 is 5.98. The van der Waals surface area contributed by atoms with E-state index < -0.39 is 5.54 Å². The molecule has 0 atom stereocenters. The molecule has 1 aromatic rings. The van der Waals surface area contributed by atoms with Crippen molar-refractivity contribution in [2.24, 2.45) is 0 Å². The fourth-order valence-electron chi connectivity index (χ4n) is 3.00. The summed E-state index contributed by atoms with van der Waals surface area (Å²) in [7, 11) is 0. The number of amides is 1. The number of ether oxygens (including phenoxy) is 1. The number of carbonyl (C=O) groups excluding carboxylic acids is 1. The Morgan fingerprint density at radius 3 is 2.82 bits per heavy atom. The Hall–Kier alpha value is -1.99. The molecule has 5 heteroatoms. The SMILES string of the molecule is N#CC1(NC(=O)C2=Cc3cc(Cl)ccc3OC2)CCCCC1. The molecule has 0 unspecified atom stereocenters. The predicted molar refractivity (Wildman–Crippen MR) is 84.5 cm³/mol. The van der Waals surface area contributed by atoms with E-state index >= 15 is 0 Å². The highest BCUT2D eigenvalue weighted by atomic mass is 35.5. The Kier molecular flexibility index (Phi) is 4.08. The second-order valence-electron chi connectivity index (χ2n) is 5.85. The van der Waals surface area contributed by atoms with E-state index in [2.05, 4.69) is 11.4 Å². The van der Waals surface area contributed by atoms with Crippen molar-refractivity contribution in [1.29, 1.82) is 5.26 Å². The Balaban J connectivity index is 1.79. The van der Waals surface area contributed by atoms with Crippen molar-refractivity contribution in [3.05, 3.63) is 34.4 Å². The lowest BCUT2D eigenvalue weighted by Gasteiger charge is -2.32. The van der Waals surface area contributed by atoms with Gasteiger partial charge in [0.15, 0.2) is 0 Å². The number of nitrogens with zero attached hydrogens (tertiary/aromatic N) is 1. The molecule has 1 fully saturated rings. The van der Waals surface area contributed by atoms with E-state index in [0.717, 1.165) is 24.8 Å². The maximum Gasteiger partial charge on any atom is 0.251 e. The van der Waals surface area contributed by atoms with Crippen molar-refractivity contribution in [3.8, 4) is 11.8 Å². The van der Waals surface area contributed by atoms with Crippen molar-refractivity contribution in [3.63, 3.8) is 0 Å². The summed E-state index contributed by atoms with van der Waals surface area (Å²) in [6, 6.07) is 7.61. The summed E-state index contributed by atoms with van der Waals surface area (Å²) in [5.74, 6) is 0.489. The minimum Gasteiger partial charge on any atom is -0.488 e. The molecule has 1 heterocycles. The number of carbonyl (C=O) groups is 1. The topological polar surface area (TPSA) is 62.1 Å². The number of halogens is 1. The van der Waals surface area contributed by atoms with E-state index in [0.29, 0.717) is 29.2 Å². The average Bonchev–Trinajstić information content (AvgIpc) is 2.55. The average molecular weight is 317 g/mol. The van der Waals surface area contributed by atoms with Gasteiger partial charge in [-0.25, -0.2) is 0 Å². The van der Waals surface area contributed by atoms with Crippen LogP contribution >= 0.6 is 11.6 Å². The quantitative estimate of drug-likeness (QED) is 0.909. The highest BCUT2D eigenvalue weighted by Crippen LogP contribution is 2.31. The van der Waals surface area contributed by atoms with Crippen LogP contribution in [0.25, 0.3) is 6.08 Å². The van der Waals surface area contributed by atoms with Gasteiger partial charge in [-0.3, -0.25) is 4.79 Å². The second-order valence-corrected chi connectivity index (χ2v) is 6.29. The van der Waals surface area contributed by atoms with Gasteiger partial charge in [-0.1, -0.05) is 30.9 Å². The van der Waals surface area contributed by atoms with Gasteiger partial charge in [-0.05, 0) is 37.1 Å². The molecule has 0 saturated heterocycles. The molecule has 0 aromatic heterocycles. The smallest absolute Gasteiger partial charge is 0.251 e. The zero-order valence-electron chi connectivity index (χ0n) is 12.2. The number of nitrogens with one attached hydrogen (secondary N) is 1. The van der Waals surface area contributed by atoms with E-state index in [1.807, 2.05) is 0 Å². The number of fused-ring (bicyclic) bond motifs is 1. The van der Waals surface area contributed by atoms with Crippen LogP contribution in [0.3, 0.4) is 0 Å². The van der Waals surface area contributed by atoms with Crippen molar-refractivity contribution in [2.45, 2.75) is 37.6 Å². The summed E-state index contributed by atoms with van der Waals surface area (Å²) in [4.78, 5) is 12.5. The molecule has 3 rings (SSSR count). The summed E-state index contributed by atoms with van der Waals surface area (Å²) in [6.45, 7) is 0.210. The highest BCUT2D eigenvalue weighted by molar-refractivity contribution is 6.30. The fraction of sp³-hybridized carbons (Fsp3) is 0.412. The molecular weight excluding hydrogens is 300 g/mol. The first kappa shape index (κ1) is 14.9. The molecule has 4 nitrogen and oxygen atoms in total. The zero-order chi connectivity index (χ0) is 15.6. The first-order valence-corrected chi connectivity index (χ1v) is 7.86. The standard InChI is InChI=1S/C17H17ClN2O2/c18-14-4-5-15-12(9-14)8-13(10-22-15)16(21)20-17(11-19)6-2-1-3-7-17/h4-5,8-9H,1-3,6-7,10H2,(H,20,21). The van der Waals surface area contributed by atoms with Crippen molar-refractivity contribution < 1.29 is 9.53 Å². The van der Waals surface area contributed by atoms with Crippen LogP contribution in [0, 0.1) is 11.3 Å². The number of hydrogen-bond acceptors (Lipinski definition) is 3. The molecule has 22 heavy (non-hydrogen) atoms. The van der Waals surface area contributed by atoms with Gasteiger partial charge in [0.2, 0.25) is 0 Å². The van der Waals surface area contributed by atoms with E-state index in [1.165, 1.54) is 0 Å². The molecule has 114 valence electrons. The van der Waals surface area contributed by atoms with Crippen molar-refractivity contribution in [2.75, 3.05) is 6.61 Å². The molecule has 1 N–H and O–H groups in total. The highest BCUT2D eigenvalue weighted by Gasteiger charge is 2.34. The van der Waals surface area contributed by atoms with Gasteiger partial charge in [0.1, 0.15) is 17.9 Å². The lowest BCUT2D eigenvalue weighted by atomic mass is 9.82. The third kappa shape index (κ3) is 2.95. The molecule has 1 amide bonds. The molecule has 2 aliphatic rings. The molecular formula is C17H17ClN2O2.